The number of hydrogen-bond acceptors (Lipinski definition) is 6. The first-order valence-corrected chi connectivity index (χ1v) is 14.1. The van der Waals surface area contributed by atoms with Gasteiger partial charge in [-0.05, 0) is 54.8 Å². The zero-order valence-corrected chi connectivity index (χ0v) is 22.5. The molecule has 14 heteroatoms. The highest BCUT2D eigenvalue weighted by Gasteiger charge is 2.47. The zero-order chi connectivity index (χ0) is 29.0. The van der Waals surface area contributed by atoms with Gasteiger partial charge in [-0.3, -0.25) is 4.68 Å². The largest absolute Gasteiger partial charge is 0.477 e. The Hall–Kier alpha value is -4.04. The van der Waals surface area contributed by atoms with Crippen LogP contribution in [0.4, 0.5) is 17.6 Å². The Morgan fingerprint density at radius 1 is 1.05 bits per heavy atom. The Morgan fingerprint density at radius 3 is 2.49 bits per heavy atom. The van der Waals surface area contributed by atoms with Gasteiger partial charge in [0.25, 0.3) is 0 Å². The number of aryl methyl sites for hydroxylation is 1. The van der Waals surface area contributed by atoms with E-state index in [-0.39, 0.29) is 36.3 Å². The molecule has 2 aliphatic rings. The quantitative estimate of drug-likeness (QED) is 0.313. The molecule has 1 atom stereocenters. The van der Waals surface area contributed by atoms with Gasteiger partial charge in [-0.1, -0.05) is 5.57 Å². The number of piperidine rings is 1. The van der Waals surface area contributed by atoms with E-state index in [1.165, 1.54) is 33.5 Å². The van der Waals surface area contributed by atoms with Crippen LogP contribution in [-0.4, -0.2) is 57.0 Å². The van der Waals surface area contributed by atoms with Crippen LogP contribution in [0.1, 0.15) is 23.2 Å². The first kappa shape index (κ1) is 27.1. The van der Waals surface area contributed by atoms with Gasteiger partial charge in [0.15, 0.2) is 0 Å². The predicted molar refractivity (Wildman–Crippen MR) is 139 cm³/mol. The van der Waals surface area contributed by atoms with Gasteiger partial charge in [0.1, 0.15) is 17.3 Å². The SMILES string of the molecule is Cn1cc(S(=O)(=O)N2CCC3=Cc4c(cnn4-c4ccc(F)cc4)C[C@]3(COc3ccc(C(F)(F)F)cn3)C2)cn1. The Labute approximate surface area is 232 Å². The number of pyridine rings is 1. The first-order valence-electron chi connectivity index (χ1n) is 12.6. The maximum atomic E-state index is 13.5. The van der Waals surface area contributed by atoms with Crippen molar-refractivity contribution in [3.05, 3.63) is 89.4 Å². The third kappa shape index (κ3) is 5.01. The van der Waals surface area contributed by atoms with E-state index in [0.717, 1.165) is 29.0 Å². The summed E-state index contributed by atoms with van der Waals surface area (Å²) in [7, 11) is -2.25. The number of sulfonamides is 1. The molecule has 214 valence electrons. The van der Waals surface area contributed by atoms with Crippen molar-refractivity contribution in [1.29, 1.82) is 0 Å². The molecule has 0 spiro atoms. The molecule has 0 amide bonds. The van der Waals surface area contributed by atoms with Crippen molar-refractivity contribution >= 4 is 16.1 Å². The molecule has 1 aliphatic heterocycles. The molecule has 0 saturated carbocycles. The van der Waals surface area contributed by atoms with E-state index in [4.69, 9.17) is 4.74 Å². The number of benzene rings is 1. The van der Waals surface area contributed by atoms with Crippen molar-refractivity contribution in [2.75, 3.05) is 19.7 Å². The molecule has 0 unspecified atom stereocenters. The summed E-state index contributed by atoms with van der Waals surface area (Å²) in [6, 6.07) is 7.96. The number of aromatic nitrogens is 5. The van der Waals surface area contributed by atoms with Crippen LogP contribution >= 0.6 is 0 Å². The average molecular weight is 589 g/mol. The van der Waals surface area contributed by atoms with Gasteiger partial charge in [0, 0.05) is 44.0 Å². The highest BCUT2D eigenvalue weighted by molar-refractivity contribution is 7.89. The minimum Gasteiger partial charge on any atom is -0.477 e. The molecular formula is C27H24F4N6O3S. The van der Waals surface area contributed by atoms with Gasteiger partial charge in [-0.2, -0.15) is 27.7 Å². The molecule has 4 heterocycles. The highest BCUT2D eigenvalue weighted by atomic mass is 32.2. The fourth-order valence-corrected chi connectivity index (χ4v) is 6.86. The second kappa shape index (κ2) is 9.80. The molecule has 9 nitrogen and oxygen atoms in total. The standard InChI is InChI=1S/C27H24F4N6O3S/c1-35-15-23(14-33-35)41(38,39)36-9-8-19-10-24-18(12-34-37(24)22-5-3-21(28)4-6-22)11-26(19,16-36)17-40-25-7-2-20(13-32-25)27(29,30)31/h2-7,10,12-15H,8-9,11,16-17H2,1H3/t26-/m1/s1. The van der Waals surface area contributed by atoms with Crippen molar-refractivity contribution in [3.63, 3.8) is 0 Å². The van der Waals surface area contributed by atoms with Gasteiger partial charge in [-0.25, -0.2) is 22.5 Å². The van der Waals surface area contributed by atoms with E-state index in [2.05, 4.69) is 15.2 Å². The molecule has 1 saturated heterocycles. The Morgan fingerprint density at radius 2 is 1.83 bits per heavy atom. The van der Waals surface area contributed by atoms with E-state index >= 15 is 0 Å². The van der Waals surface area contributed by atoms with Crippen LogP contribution in [0, 0.1) is 11.2 Å². The summed E-state index contributed by atoms with van der Waals surface area (Å²) < 4.78 is 90.1. The lowest BCUT2D eigenvalue weighted by Crippen LogP contribution is -2.51. The van der Waals surface area contributed by atoms with Crippen LogP contribution in [0.3, 0.4) is 0 Å². The summed E-state index contributed by atoms with van der Waals surface area (Å²) in [5.74, 6) is -0.380. The lowest BCUT2D eigenvalue weighted by molar-refractivity contribution is -0.137. The minimum atomic E-state index is -4.53. The molecule has 41 heavy (non-hydrogen) atoms. The van der Waals surface area contributed by atoms with E-state index in [1.807, 2.05) is 6.08 Å². The number of fused-ring (bicyclic) bond motifs is 2. The van der Waals surface area contributed by atoms with Crippen LogP contribution in [-0.2, 0) is 29.7 Å². The van der Waals surface area contributed by atoms with Gasteiger partial charge in [0.05, 0.1) is 29.3 Å². The third-order valence-electron chi connectivity index (χ3n) is 7.47. The van der Waals surface area contributed by atoms with Crippen LogP contribution < -0.4 is 4.74 Å². The Kier molecular flexibility index (Phi) is 6.49. The highest BCUT2D eigenvalue weighted by Crippen LogP contribution is 2.45. The van der Waals surface area contributed by atoms with Gasteiger partial charge < -0.3 is 4.74 Å². The average Bonchev–Trinajstić information content (AvgIpc) is 3.56. The Balaban J connectivity index is 1.35. The van der Waals surface area contributed by atoms with Crippen LogP contribution in [0.5, 0.6) is 5.88 Å². The number of alkyl halides is 3. The summed E-state index contributed by atoms with van der Waals surface area (Å²) >= 11 is 0. The van der Waals surface area contributed by atoms with Crippen molar-refractivity contribution in [2.45, 2.75) is 23.9 Å². The van der Waals surface area contributed by atoms with Crippen molar-refractivity contribution in [2.24, 2.45) is 12.5 Å². The summed E-state index contributed by atoms with van der Waals surface area (Å²) in [5.41, 5.74) is 1.45. The zero-order valence-electron chi connectivity index (χ0n) is 21.7. The summed E-state index contributed by atoms with van der Waals surface area (Å²) in [5, 5.41) is 8.50. The van der Waals surface area contributed by atoms with Crippen molar-refractivity contribution in [1.82, 2.24) is 28.9 Å². The van der Waals surface area contributed by atoms with Crippen LogP contribution in [0.2, 0.25) is 0 Å². The van der Waals surface area contributed by atoms with E-state index in [9.17, 15) is 26.0 Å². The summed E-state index contributed by atoms with van der Waals surface area (Å²) in [6.07, 6.45) is 3.27. The normalized spacial score (nSPS) is 19.4. The molecule has 0 bridgehead atoms. The third-order valence-corrected chi connectivity index (χ3v) is 9.26. The molecule has 1 aromatic carbocycles. The second-order valence-electron chi connectivity index (χ2n) is 10.2. The topological polar surface area (TPSA) is 95.1 Å². The maximum absolute atomic E-state index is 13.5. The minimum absolute atomic E-state index is 0.00762. The number of halogens is 4. The van der Waals surface area contributed by atoms with Gasteiger partial charge in [-0.15, -0.1) is 0 Å². The van der Waals surface area contributed by atoms with Crippen LogP contribution in [0.25, 0.3) is 11.8 Å². The molecule has 0 N–H and O–H groups in total. The number of rotatable bonds is 6. The van der Waals surface area contributed by atoms with Crippen molar-refractivity contribution < 1.29 is 30.7 Å². The molecule has 0 radical (unpaired) electrons. The number of ether oxygens (including phenoxy) is 1. The summed E-state index contributed by atoms with van der Waals surface area (Å²) in [6.45, 7) is 0.249. The number of nitrogens with zero attached hydrogens (tertiary/aromatic N) is 6. The molecule has 4 aromatic rings. The van der Waals surface area contributed by atoms with Crippen LogP contribution in [0.15, 0.2) is 71.7 Å². The van der Waals surface area contributed by atoms with E-state index < -0.39 is 27.2 Å². The second-order valence-corrected chi connectivity index (χ2v) is 12.1. The molecule has 6 rings (SSSR count). The van der Waals surface area contributed by atoms with Gasteiger partial charge >= 0.3 is 6.18 Å². The molecule has 1 aliphatic carbocycles. The fraction of sp³-hybridized carbons (Fsp3) is 0.296. The first-order chi connectivity index (χ1) is 19.4. The maximum Gasteiger partial charge on any atom is 0.417 e. The molecule has 3 aromatic heterocycles. The Bertz CT molecular complexity index is 1730. The molecule has 1 fully saturated rings. The lowest BCUT2D eigenvalue weighted by Gasteiger charge is -2.45. The predicted octanol–water partition coefficient (Wildman–Crippen LogP) is 4.26. The summed E-state index contributed by atoms with van der Waals surface area (Å²) in [4.78, 5) is 3.89. The van der Waals surface area contributed by atoms with Crippen molar-refractivity contribution in [3.8, 4) is 11.6 Å². The number of hydrogen-bond donors (Lipinski definition) is 0. The lowest BCUT2D eigenvalue weighted by atomic mass is 9.69. The molecular weight excluding hydrogens is 564 g/mol. The van der Waals surface area contributed by atoms with Gasteiger partial charge in [0.2, 0.25) is 15.9 Å². The fourth-order valence-electron chi connectivity index (χ4n) is 5.34. The smallest absolute Gasteiger partial charge is 0.417 e. The van der Waals surface area contributed by atoms with E-state index in [0.29, 0.717) is 24.7 Å². The van der Waals surface area contributed by atoms with E-state index in [1.54, 1.807) is 30.1 Å². The monoisotopic (exact) mass is 588 g/mol.